The molecule has 0 atom stereocenters. The molecule has 0 fully saturated rings. The Bertz CT molecular complexity index is 670. The van der Waals surface area contributed by atoms with Crippen LogP contribution in [0, 0.1) is 0 Å². The zero-order valence-electron chi connectivity index (χ0n) is 12.2. The molecule has 0 aliphatic heterocycles. The summed E-state index contributed by atoms with van der Waals surface area (Å²) in [5.41, 5.74) is 7.56. The van der Waals surface area contributed by atoms with Crippen molar-refractivity contribution >= 4 is 40.3 Å². The van der Waals surface area contributed by atoms with Gasteiger partial charge in [0, 0.05) is 18.9 Å². The lowest BCUT2D eigenvalue weighted by Gasteiger charge is -2.14. The summed E-state index contributed by atoms with van der Waals surface area (Å²) in [6.07, 6.45) is 1.38. The van der Waals surface area contributed by atoms with Gasteiger partial charge < -0.3 is 15.2 Å². The quantitative estimate of drug-likeness (QED) is 0.520. The molecule has 1 heterocycles. The smallest absolute Gasteiger partial charge is 0.185 e. The van der Waals surface area contributed by atoms with Gasteiger partial charge in [0.1, 0.15) is 0 Å². The highest BCUT2D eigenvalue weighted by atomic mass is 32.1. The first-order valence-electron chi connectivity index (χ1n) is 6.93. The first-order valence-corrected chi connectivity index (χ1v) is 8.21. The molecule has 0 aliphatic rings. The van der Waals surface area contributed by atoms with Gasteiger partial charge in [-0.25, -0.2) is 0 Å². The average Bonchev–Trinajstić information content (AvgIpc) is 3.08. The summed E-state index contributed by atoms with van der Waals surface area (Å²) >= 11 is 6.70. The van der Waals surface area contributed by atoms with E-state index in [2.05, 4.69) is 16.2 Å². The molecular weight excluding hydrogens is 330 g/mol. The monoisotopic (exact) mass is 346 g/mol. The molecule has 1 aromatic carbocycles. The summed E-state index contributed by atoms with van der Waals surface area (Å²) < 4.78 is 0. The maximum absolute atomic E-state index is 10.6. The molecule has 0 spiro atoms. The molecule has 23 heavy (non-hydrogen) atoms. The summed E-state index contributed by atoms with van der Waals surface area (Å²) in [5, 5.41) is 16.0. The number of aliphatic carboxylic acids is 1. The van der Waals surface area contributed by atoms with Crippen LogP contribution in [0.25, 0.3) is 5.70 Å². The molecule has 0 saturated heterocycles. The lowest BCUT2D eigenvalue weighted by Crippen LogP contribution is -2.42. The van der Waals surface area contributed by atoms with Crippen LogP contribution >= 0.6 is 23.6 Å². The van der Waals surface area contributed by atoms with Crippen molar-refractivity contribution in [3.05, 3.63) is 64.4 Å². The second-order valence-electron chi connectivity index (χ2n) is 4.59. The number of thiocarbonyl (C=S) groups is 1. The molecule has 0 amide bonds. The zero-order chi connectivity index (χ0) is 16.5. The van der Waals surface area contributed by atoms with Crippen LogP contribution in [0.3, 0.4) is 0 Å². The van der Waals surface area contributed by atoms with Crippen molar-refractivity contribution in [1.82, 2.24) is 16.2 Å². The fourth-order valence-electron chi connectivity index (χ4n) is 1.78. The van der Waals surface area contributed by atoms with Crippen LogP contribution in [-0.4, -0.2) is 11.1 Å². The Morgan fingerprint density at radius 3 is 2.61 bits per heavy atom. The number of carboxylic acid groups (broad SMARTS) is 1. The van der Waals surface area contributed by atoms with Crippen LogP contribution in [-0.2, 0) is 11.3 Å². The third-order valence-electron chi connectivity index (χ3n) is 2.87. The third-order valence-corrected chi connectivity index (χ3v) is 4.02. The van der Waals surface area contributed by atoms with Gasteiger partial charge in [-0.15, -0.1) is 11.3 Å². The van der Waals surface area contributed by atoms with Crippen LogP contribution in [0.1, 0.15) is 16.9 Å². The number of carbonyl (C=O) groups excluding carboxylic acids is 1. The molecule has 3 N–H and O–H groups in total. The Morgan fingerprint density at radius 1 is 1.17 bits per heavy atom. The van der Waals surface area contributed by atoms with Crippen LogP contribution in [0.4, 0.5) is 0 Å². The largest absolute Gasteiger partial charge is 0.550 e. The highest BCUT2D eigenvalue weighted by Crippen LogP contribution is 2.17. The predicted octanol–water partition coefficient (Wildman–Crippen LogP) is 1.40. The minimum absolute atomic E-state index is 0.174. The topological polar surface area (TPSA) is 76.2 Å². The van der Waals surface area contributed by atoms with Crippen molar-refractivity contribution in [2.24, 2.45) is 0 Å². The molecule has 5 nitrogen and oxygen atoms in total. The van der Waals surface area contributed by atoms with Gasteiger partial charge >= 0.3 is 0 Å². The highest BCUT2D eigenvalue weighted by molar-refractivity contribution is 7.80. The molecule has 0 radical (unpaired) electrons. The van der Waals surface area contributed by atoms with Gasteiger partial charge in [0.15, 0.2) is 5.11 Å². The third kappa shape index (κ3) is 6.09. The number of hydrazine groups is 1. The number of hydrogen-bond donors (Lipinski definition) is 3. The highest BCUT2D eigenvalue weighted by Gasteiger charge is 2.03. The van der Waals surface area contributed by atoms with E-state index in [1.54, 1.807) is 6.08 Å². The van der Waals surface area contributed by atoms with E-state index in [1.165, 1.54) is 11.3 Å². The number of carbonyl (C=O) groups is 1. The van der Waals surface area contributed by atoms with Gasteiger partial charge in [-0.05, 0) is 29.2 Å². The van der Waals surface area contributed by atoms with E-state index in [0.29, 0.717) is 17.4 Å². The second kappa shape index (κ2) is 8.92. The molecule has 2 aromatic rings. The SMILES string of the molecule is O=C([O-])CC=C(NNC(=S)NCc1ccccc1)c1cccs1. The first-order chi connectivity index (χ1) is 11.1. The van der Waals surface area contributed by atoms with Gasteiger partial charge in [0.25, 0.3) is 0 Å². The number of hydrogen-bond acceptors (Lipinski definition) is 5. The van der Waals surface area contributed by atoms with Crippen LogP contribution in [0.2, 0.25) is 0 Å². The van der Waals surface area contributed by atoms with Crippen molar-refractivity contribution < 1.29 is 9.90 Å². The number of rotatable bonds is 7. The Hall–Kier alpha value is -2.38. The number of benzene rings is 1. The molecule has 1 aromatic heterocycles. The van der Waals surface area contributed by atoms with Gasteiger partial charge in [0.2, 0.25) is 0 Å². The maximum atomic E-state index is 10.6. The average molecular weight is 346 g/mol. The van der Waals surface area contributed by atoms with E-state index in [-0.39, 0.29) is 6.42 Å². The van der Waals surface area contributed by atoms with E-state index in [9.17, 15) is 9.90 Å². The Kier molecular flexibility index (Phi) is 6.58. The molecule has 0 saturated carbocycles. The molecule has 0 aliphatic carbocycles. The van der Waals surface area contributed by atoms with Gasteiger partial charge in [-0.2, -0.15) is 0 Å². The summed E-state index contributed by atoms with van der Waals surface area (Å²) in [5.74, 6) is -1.13. The molecule has 0 unspecified atom stereocenters. The normalized spacial score (nSPS) is 10.9. The number of thiophene rings is 1. The van der Waals surface area contributed by atoms with E-state index in [0.717, 1.165) is 10.4 Å². The van der Waals surface area contributed by atoms with E-state index < -0.39 is 5.97 Å². The van der Waals surface area contributed by atoms with Crippen molar-refractivity contribution in [2.45, 2.75) is 13.0 Å². The molecule has 2 rings (SSSR count). The van der Waals surface area contributed by atoms with Crippen LogP contribution in [0.5, 0.6) is 0 Å². The Morgan fingerprint density at radius 2 is 1.96 bits per heavy atom. The molecule has 7 heteroatoms. The fraction of sp³-hybridized carbons (Fsp3) is 0.125. The van der Waals surface area contributed by atoms with Gasteiger partial charge in [-0.3, -0.25) is 10.9 Å². The minimum Gasteiger partial charge on any atom is -0.550 e. The summed E-state index contributed by atoms with van der Waals surface area (Å²) in [4.78, 5) is 11.5. The molecule has 120 valence electrons. The molecular formula is C16H16N3O2S2-. The lowest BCUT2D eigenvalue weighted by molar-refractivity contribution is -0.304. The second-order valence-corrected chi connectivity index (χ2v) is 5.95. The van der Waals surface area contributed by atoms with Crippen molar-refractivity contribution in [1.29, 1.82) is 0 Å². The van der Waals surface area contributed by atoms with Crippen molar-refractivity contribution in [3.63, 3.8) is 0 Å². The summed E-state index contributed by atoms with van der Waals surface area (Å²) in [7, 11) is 0. The van der Waals surface area contributed by atoms with Crippen LogP contribution in [0.15, 0.2) is 53.9 Å². The summed E-state index contributed by atoms with van der Waals surface area (Å²) in [6.45, 7) is 0.603. The number of carboxylic acids is 1. The van der Waals surface area contributed by atoms with Crippen molar-refractivity contribution in [3.8, 4) is 0 Å². The van der Waals surface area contributed by atoms with Gasteiger partial charge in [-0.1, -0.05) is 42.5 Å². The minimum atomic E-state index is -1.13. The lowest BCUT2D eigenvalue weighted by atomic mass is 10.2. The van der Waals surface area contributed by atoms with Crippen molar-refractivity contribution in [2.75, 3.05) is 0 Å². The Balaban J connectivity index is 1.86. The van der Waals surface area contributed by atoms with Crippen LogP contribution < -0.4 is 21.3 Å². The zero-order valence-corrected chi connectivity index (χ0v) is 13.9. The fourth-order valence-corrected chi connectivity index (χ4v) is 2.62. The Labute approximate surface area is 144 Å². The number of nitrogens with one attached hydrogen (secondary N) is 3. The first kappa shape index (κ1) is 17.0. The maximum Gasteiger partial charge on any atom is 0.185 e. The summed E-state index contributed by atoms with van der Waals surface area (Å²) in [6, 6.07) is 13.7. The molecule has 0 bridgehead atoms. The van der Waals surface area contributed by atoms with E-state index in [4.69, 9.17) is 12.2 Å². The van der Waals surface area contributed by atoms with E-state index >= 15 is 0 Å². The predicted molar refractivity (Wildman–Crippen MR) is 94.1 cm³/mol. The van der Waals surface area contributed by atoms with Gasteiger partial charge in [0.05, 0.1) is 10.6 Å². The van der Waals surface area contributed by atoms with E-state index in [1.807, 2.05) is 47.8 Å². The standard InChI is InChI=1S/C16H17N3O2S2/c20-15(21)9-8-13(14-7-4-10-23-14)18-19-16(22)17-11-12-5-2-1-3-6-12/h1-8,10,18H,9,11H2,(H,20,21)(H2,17,19,22)/p-1.